The summed E-state index contributed by atoms with van der Waals surface area (Å²) >= 11 is 0. The summed E-state index contributed by atoms with van der Waals surface area (Å²) in [6.07, 6.45) is 0.146. The Morgan fingerprint density at radius 2 is 2.00 bits per heavy atom. The van der Waals surface area contributed by atoms with Gasteiger partial charge in [0, 0.05) is 26.6 Å². The van der Waals surface area contributed by atoms with E-state index in [0.29, 0.717) is 6.54 Å². The Morgan fingerprint density at radius 1 is 1.36 bits per heavy atom. The molecule has 1 aliphatic rings. The molecule has 1 aliphatic heterocycles. The Kier molecular flexibility index (Phi) is 4.80. The second-order valence-corrected chi connectivity index (χ2v) is 7.35. The molecular weight excluding hydrogens is 311 g/mol. The van der Waals surface area contributed by atoms with Crippen molar-refractivity contribution in [3.63, 3.8) is 0 Å². The number of hydrogen-bond donors (Lipinski definition) is 1. The van der Waals surface area contributed by atoms with Crippen molar-refractivity contribution in [3.05, 3.63) is 30.1 Å². The van der Waals surface area contributed by atoms with Gasteiger partial charge >= 0.3 is 0 Å². The van der Waals surface area contributed by atoms with E-state index >= 15 is 0 Å². The molecule has 0 spiro atoms. The monoisotopic (exact) mass is 328 g/mol. The summed E-state index contributed by atoms with van der Waals surface area (Å²) < 4.78 is 36.8. The molecule has 0 bridgehead atoms. The van der Waals surface area contributed by atoms with Crippen molar-refractivity contribution >= 4 is 21.7 Å². The highest BCUT2D eigenvalue weighted by Gasteiger charge is 2.32. The van der Waals surface area contributed by atoms with Crippen LogP contribution in [0.25, 0.3) is 0 Å². The lowest BCUT2D eigenvalue weighted by Gasteiger charge is -2.11. The number of sulfone groups is 1. The van der Waals surface area contributed by atoms with E-state index in [0.717, 1.165) is 12.1 Å². The highest BCUT2D eigenvalue weighted by Crippen LogP contribution is 2.16. The first kappa shape index (κ1) is 16.4. The van der Waals surface area contributed by atoms with Gasteiger partial charge in [-0.2, -0.15) is 0 Å². The third-order valence-corrected chi connectivity index (χ3v) is 5.29. The maximum Gasteiger partial charge on any atom is 0.225 e. The molecule has 1 saturated heterocycles. The SMILES string of the molecule is CN1C[C@H](C(=O)NCCS(=O)(=O)c2ccc(F)cc2)CC1=O. The van der Waals surface area contributed by atoms with Crippen LogP contribution in [0.1, 0.15) is 6.42 Å². The lowest BCUT2D eigenvalue weighted by Crippen LogP contribution is -2.35. The molecule has 1 atom stereocenters. The molecule has 0 aromatic heterocycles. The van der Waals surface area contributed by atoms with Gasteiger partial charge in [0.1, 0.15) is 5.82 Å². The van der Waals surface area contributed by atoms with Gasteiger partial charge in [0.05, 0.1) is 16.6 Å². The summed E-state index contributed by atoms with van der Waals surface area (Å²) in [4.78, 5) is 24.7. The maximum atomic E-state index is 12.8. The van der Waals surface area contributed by atoms with Crippen LogP contribution in [0, 0.1) is 11.7 Å². The van der Waals surface area contributed by atoms with Crippen LogP contribution < -0.4 is 5.32 Å². The molecule has 1 heterocycles. The van der Waals surface area contributed by atoms with Crippen molar-refractivity contribution < 1.29 is 22.4 Å². The predicted molar refractivity (Wildman–Crippen MR) is 77.2 cm³/mol. The fourth-order valence-electron chi connectivity index (χ4n) is 2.25. The minimum atomic E-state index is -3.58. The number of nitrogens with one attached hydrogen (secondary N) is 1. The van der Waals surface area contributed by atoms with Gasteiger partial charge in [-0.1, -0.05) is 0 Å². The summed E-state index contributed by atoms with van der Waals surface area (Å²) in [5.74, 6) is -1.65. The number of amides is 2. The largest absolute Gasteiger partial charge is 0.355 e. The highest BCUT2D eigenvalue weighted by atomic mass is 32.2. The van der Waals surface area contributed by atoms with Crippen LogP contribution in [-0.4, -0.2) is 51.0 Å². The van der Waals surface area contributed by atoms with Crippen molar-refractivity contribution in [2.24, 2.45) is 5.92 Å². The number of rotatable bonds is 5. The Bertz CT molecular complexity index is 673. The van der Waals surface area contributed by atoms with Gasteiger partial charge in [-0.3, -0.25) is 9.59 Å². The lowest BCUT2D eigenvalue weighted by molar-refractivity contribution is -0.128. The van der Waals surface area contributed by atoms with E-state index in [4.69, 9.17) is 0 Å². The van der Waals surface area contributed by atoms with Crippen LogP contribution in [0.15, 0.2) is 29.2 Å². The average Bonchev–Trinajstić information content (AvgIpc) is 2.79. The van der Waals surface area contributed by atoms with E-state index in [-0.39, 0.29) is 35.4 Å². The number of nitrogens with zero attached hydrogens (tertiary/aromatic N) is 1. The Balaban J connectivity index is 1.86. The third kappa shape index (κ3) is 3.82. The van der Waals surface area contributed by atoms with Crippen LogP contribution in [0.5, 0.6) is 0 Å². The number of benzene rings is 1. The van der Waals surface area contributed by atoms with E-state index in [1.807, 2.05) is 0 Å². The molecule has 2 rings (SSSR count). The molecule has 22 heavy (non-hydrogen) atoms. The Morgan fingerprint density at radius 3 is 2.55 bits per heavy atom. The molecule has 1 aromatic carbocycles. The first-order chi connectivity index (χ1) is 10.3. The molecular formula is C14H17FN2O4S. The topological polar surface area (TPSA) is 83.6 Å². The fraction of sp³-hybridized carbons (Fsp3) is 0.429. The lowest BCUT2D eigenvalue weighted by atomic mass is 10.1. The third-order valence-electron chi connectivity index (χ3n) is 3.55. The van der Waals surface area contributed by atoms with E-state index in [9.17, 15) is 22.4 Å². The summed E-state index contributed by atoms with van der Waals surface area (Å²) in [7, 11) is -1.96. The van der Waals surface area contributed by atoms with Gasteiger partial charge in [0.25, 0.3) is 0 Å². The van der Waals surface area contributed by atoms with Gasteiger partial charge in [-0.05, 0) is 24.3 Å². The quantitative estimate of drug-likeness (QED) is 0.783. The number of carbonyl (C=O) groups excluding carboxylic acids is 2. The van der Waals surface area contributed by atoms with Crippen molar-refractivity contribution in [2.75, 3.05) is 25.9 Å². The molecule has 1 fully saturated rings. The highest BCUT2D eigenvalue weighted by molar-refractivity contribution is 7.91. The van der Waals surface area contributed by atoms with Crippen LogP contribution >= 0.6 is 0 Å². The normalized spacial score (nSPS) is 18.5. The van der Waals surface area contributed by atoms with E-state index in [2.05, 4.69) is 5.32 Å². The molecule has 0 radical (unpaired) electrons. The summed E-state index contributed by atoms with van der Waals surface area (Å²) in [6.45, 7) is 0.294. The van der Waals surface area contributed by atoms with E-state index < -0.39 is 21.6 Å². The minimum Gasteiger partial charge on any atom is -0.355 e. The molecule has 8 heteroatoms. The summed E-state index contributed by atoms with van der Waals surface area (Å²) in [5, 5.41) is 2.53. The van der Waals surface area contributed by atoms with Crippen LogP contribution in [0.3, 0.4) is 0 Å². The zero-order chi connectivity index (χ0) is 16.3. The first-order valence-corrected chi connectivity index (χ1v) is 8.45. The zero-order valence-corrected chi connectivity index (χ0v) is 12.9. The van der Waals surface area contributed by atoms with Crippen LogP contribution in [0.2, 0.25) is 0 Å². The van der Waals surface area contributed by atoms with Gasteiger partial charge < -0.3 is 10.2 Å². The van der Waals surface area contributed by atoms with Crippen LogP contribution in [-0.2, 0) is 19.4 Å². The molecule has 6 nitrogen and oxygen atoms in total. The van der Waals surface area contributed by atoms with Crippen molar-refractivity contribution in [1.82, 2.24) is 10.2 Å². The number of hydrogen-bond acceptors (Lipinski definition) is 4. The fourth-order valence-corrected chi connectivity index (χ4v) is 3.41. The second-order valence-electron chi connectivity index (χ2n) is 5.24. The molecule has 120 valence electrons. The van der Waals surface area contributed by atoms with E-state index in [1.165, 1.54) is 17.0 Å². The second kappa shape index (κ2) is 6.43. The van der Waals surface area contributed by atoms with E-state index in [1.54, 1.807) is 7.05 Å². The van der Waals surface area contributed by atoms with Gasteiger partial charge in [-0.25, -0.2) is 12.8 Å². The van der Waals surface area contributed by atoms with Gasteiger partial charge in [0.15, 0.2) is 9.84 Å². The molecule has 2 amide bonds. The number of likely N-dealkylation sites (tertiary alicyclic amines) is 1. The zero-order valence-electron chi connectivity index (χ0n) is 12.1. The van der Waals surface area contributed by atoms with Crippen molar-refractivity contribution in [1.29, 1.82) is 0 Å². The average molecular weight is 328 g/mol. The van der Waals surface area contributed by atoms with Crippen molar-refractivity contribution in [3.8, 4) is 0 Å². The Hall–Kier alpha value is -1.96. The molecule has 0 unspecified atom stereocenters. The number of halogens is 1. The molecule has 1 aromatic rings. The van der Waals surface area contributed by atoms with Crippen LogP contribution in [0.4, 0.5) is 4.39 Å². The predicted octanol–water partition coefficient (Wildman–Crippen LogP) is 0.194. The summed E-state index contributed by atoms with van der Waals surface area (Å²) in [5.41, 5.74) is 0. The van der Waals surface area contributed by atoms with Gasteiger partial charge in [-0.15, -0.1) is 0 Å². The molecule has 0 saturated carbocycles. The molecule has 1 N–H and O–H groups in total. The number of carbonyl (C=O) groups is 2. The van der Waals surface area contributed by atoms with Gasteiger partial charge in [0.2, 0.25) is 11.8 Å². The Labute approximate surface area is 128 Å². The summed E-state index contributed by atoms with van der Waals surface area (Å²) in [6, 6.07) is 4.53. The standard InChI is InChI=1S/C14H17FN2O4S/c1-17-9-10(8-13(17)18)14(19)16-6-7-22(20,21)12-4-2-11(15)3-5-12/h2-5,10H,6-9H2,1H3,(H,16,19)/t10-/m1/s1. The smallest absolute Gasteiger partial charge is 0.225 e. The van der Waals surface area contributed by atoms with Crippen molar-refractivity contribution in [2.45, 2.75) is 11.3 Å². The maximum absolute atomic E-state index is 12.8. The first-order valence-electron chi connectivity index (χ1n) is 6.79. The molecule has 0 aliphatic carbocycles. The minimum absolute atomic E-state index is 0.0129.